The third-order valence-corrected chi connectivity index (χ3v) is 1.77. The van der Waals surface area contributed by atoms with Crippen molar-refractivity contribution in [1.29, 1.82) is 0 Å². The van der Waals surface area contributed by atoms with E-state index in [0.29, 0.717) is 12.3 Å². The van der Waals surface area contributed by atoms with Crippen LogP contribution < -0.4 is 0 Å². The lowest BCUT2D eigenvalue weighted by molar-refractivity contribution is -0.500. The van der Waals surface area contributed by atoms with Crippen LogP contribution in [0.1, 0.15) is 0 Å². The van der Waals surface area contributed by atoms with E-state index in [1.807, 2.05) is 0 Å². The lowest BCUT2D eigenvalue weighted by Gasteiger charge is -2.09. The van der Waals surface area contributed by atoms with Crippen LogP contribution in [0.4, 0.5) is 13.2 Å². The summed E-state index contributed by atoms with van der Waals surface area (Å²) < 4.78 is 40.5. The van der Waals surface area contributed by atoms with Crippen molar-refractivity contribution in [3.8, 4) is 0 Å². The summed E-state index contributed by atoms with van der Waals surface area (Å²) in [6, 6.07) is -1.35. The molecule has 0 aromatic heterocycles. The number of allylic oxidation sites excluding steroid dienone is 2. The highest BCUT2D eigenvalue weighted by molar-refractivity contribution is 5.76. The van der Waals surface area contributed by atoms with Crippen LogP contribution in [0.2, 0.25) is 0 Å². The second kappa shape index (κ2) is 3.84. The summed E-state index contributed by atoms with van der Waals surface area (Å²) in [6.45, 7) is 0. The van der Waals surface area contributed by atoms with E-state index in [-0.39, 0.29) is 4.76 Å². The number of ether oxygens (including phenoxy) is 1. The van der Waals surface area contributed by atoms with Crippen molar-refractivity contribution in [2.45, 2.75) is 12.2 Å². The minimum absolute atomic E-state index is 0.0886. The Hall–Kier alpha value is -1.66. The fourth-order valence-corrected chi connectivity index (χ4v) is 1.01. The first kappa shape index (κ1) is 11.4. The number of hydrogen-bond acceptors (Lipinski definition) is 3. The monoisotopic (exact) mass is 222 g/mol. The molecule has 0 bridgehead atoms. The smallest absolute Gasteiger partial charge is 0.422 e. The Morgan fingerprint density at radius 2 is 2.13 bits per heavy atom. The molecule has 0 radical (unpaired) electrons. The second-order valence-electron chi connectivity index (χ2n) is 2.77. The van der Waals surface area contributed by atoms with Crippen molar-refractivity contribution in [3.05, 3.63) is 28.8 Å². The molecule has 1 unspecified atom stereocenters. The lowest BCUT2D eigenvalue weighted by atomic mass is 10.1. The number of carbonyl (C=O) groups excluding carboxylic acids is 1. The molecule has 1 rings (SSSR count). The highest BCUT2D eigenvalue weighted by Gasteiger charge is 2.41. The van der Waals surface area contributed by atoms with Crippen LogP contribution in [-0.4, -0.2) is 30.1 Å². The zero-order chi connectivity index (χ0) is 11.6. The number of alkyl halides is 3. The molecule has 1 heterocycles. The van der Waals surface area contributed by atoms with E-state index in [9.17, 15) is 22.9 Å². The summed E-state index contributed by atoms with van der Waals surface area (Å²) >= 11 is 0. The van der Waals surface area contributed by atoms with E-state index in [1.54, 1.807) is 0 Å². The second-order valence-corrected chi connectivity index (χ2v) is 2.77. The summed E-state index contributed by atoms with van der Waals surface area (Å²) in [6.07, 6.45) is -2.75. The van der Waals surface area contributed by atoms with Gasteiger partial charge >= 0.3 is 18.2 Å². The van der Waals surface area contributed by atoms with Gasteiger partial charge in [0.25, 0.3) is 0 Å². The van der Waals surface area contributed by atoms with Gasteiger partial charge in [-0.05, 0) is 6.08 Å². The van der Waals surface area contributed by atoms with Gasteiger partial charge in [-0.3, -0.25) is 0 Å². The molecule has 82 valence electrons. The molecule has 7 heteroatoms. The summed E-state index contributed by atoms with van der Waals surface area (Å²) in [4.78, 5) is 21.9. The van der Waals surface area contributed by atoms with E-state index in [0.717, 1.165) is 13.2 Å². The molecule has 0 spiro atoms. The van der Waals surface area contributed by atoms with Gasteiger partial charge in [-0.2, -0.15) is 13.2 Å². The first-order chi connectivity index (χ1) is 6.86. The molecule has 0 amide bonds. The number of halogens is 3. The van der Waals surface area contributed by atoms with Crippen molar-refractivity contribution in [1.82, 2.24) is 0 Å². The summed E-state index contributed by atoms with van der Waals surface area (Å²) in [7, 11) is 1.05. The van der Waals surface area contributed by atoms with Gasteiger partial charge in [0.2, 0.25) is 6.20 Å². The molecule has 0 fully saturated rings. The van der Waals surface area contributed by atoms with Crippen LogP contribution >= 0.6 is 0 Å². The number of methoxy groups -OCH3 is 1. The van der Waals surface area contributed by atoms with Crippen molar-refractivity contribution >= 4 is 5.97 Å². The minimum atomic E-state index is -4.60. The van der Waals surface area contributed by atoms with Gasteiger partial charge in [0, 0.05) is 15.7 Å². The van der Waals surface area contributed by atoms with Gasteiger partial charge in [-0.1, -0.05) is 0 Å². The molecule has 4 nitrogen and oxygen atoms in total. The fraction of sp³-hybridized carbons (Fsp3) is 0.375. The summed E-state index contributed by atoms with van der Waals surface area (Å²) in [5.41, 5.74) is -1.10. The topological polar surface area (TPSA) is 46.4 Å². The van der Waals surface area contributed by atoms with Crippen LogP contribution in [0.25, 0.3) is 0 Å². The van der Waals surface area contributed by atoms with Crippen molar-refractivity contribution in [2.75, 3.05) is 7.11 Å². The maximum Gasteiger partial charge on any atom is 0.422 e. The third-order valence-electron chi connectivity index (χ3n) is 1.77. The predicted octanol–water partition coefficient (Wildman–Crippen LogP) is 1.32. The molecule has 0 saturated heterocycles. The Morgan fingerprint density at radius 3 is 2.53 bits per heavy atom. The van der Waals surface area contributed by atoms with E-state index in [2.05, 4.69) is 4.74 Å². The largest absolute Gasteiger partial charge is 0.464 e. The standard InChI is InChI=1S/C8H7F3NO3/c1-15-7(13)6-3-2-5(4-12(6)14)8(9,10)11/h2-4,6H,1H3/q+1. The van der Waals surface area contributed by atoms with Gasteiger partial charge in [0.1, 0.15) is 5.57 Å². The number of esters is 1. The van der Waals surface area contributed by atoms with Crippen molar-refractivity contribution in [2.24, 2.45) is 0 Å². The van der Waals surface area contributed by atoms with Crippen LogP contribution in [0.15, 0.2) is 23.9 Å². The molecule has 0 aromatic carbocycles. The van der Waals surface area contributed by atoms with E-state index >= 15 is 0 Å². The van der Waals surface area contributed by atoms with Gasteiger partial charge in [-0.15, -0.1) is 0 Å². The van der Waals surface area contributed by atoms with Crippen molar-refractivity contribution < 1.29 is 27.5 Å². The number of nitroso groups, excluding NO2 is 1. The average molecular weight is 222 g/mol. The molecular weight excluding hydrogens is 215 g/mol. The molecule has 1 aliphatic heterocycles. The molecule has 1 aliphatic rings. The van der Waals surface area contributed by atoms with Crippen molar-refractivity contribution in [3.63, 3.8) is 0 Å². The highest BCUT2D eigenvalue weighted by atomic mass is 19.4. The first-order valence-electron chi connectivity index (χ1n) is 3.87. The fourth-order valence-electron chi connectivity index (χ4n) is 1.01. The Labute approximate surface area is 82.6 Å². The molecule has 0 saturated carbocycles. The quantitative estimate of drug-likeness (QED) is 0.496. The van der Waals surface area contributed by atoms with E-state index in [1.165, 1.54) is 0 Å². The number of rotatable bonds is 1. The summed E-state index contributed by atoms with van der Waals surface area (Å²) in [5.74, 6) is -0.904. The zero-order valence-electron chi connectivity index (χ0n) is 7.62. The van der Waals surface area contributed by atoms with E-state index < -0.39 is 23.8 Å². The molecule has 1 atom stereocenters. The molecule has 0 aromatic rings. The third kappa shape index (κ3) is 2.42. The highest BCUT2D eigenvalue weighted by Crippen LogP contribution is 2.28. The predicted molar refractivity (Wildman–Crippen MR) is 42.7 cm³/mol. The van der Waals surface area contributed by atoms with Gasteiger partial charge in [0.05, 0.1) is 7.11 Å². The number of nitrogens with zero attached hydrogens (tertiary/aromatic N) is 1. The molecular formula is C8H7F3NO3+. The normalized spacial score (nSPS) is 21.2. The Morgan fingerprint density at radius 1 is 1.53 bits per heavy atom. The number of carbonyl (C=O) groups is 1. The van der Waals surface area contributed by atoms with Gasteiger partial charge in [0.15, 0.2) is 0 Å². The molecule has 0 aliphatic carbocycles. The maximum atomic E-state index is 12.1. The van der Waals surface area contributed by atoms with Gasteiger partial charge < -0.3 is 4.74 Å². The van der Waals surface area contributed by atoms with Crippen LogP contribution in [-0.2, 0) is 9.53 Å². The molecule has 0 N–H and O–H groups in total. The summed E-state index contributed by atoms with van der Waals surface area (Å²) in [5, 5.41) is 0. The van der Waals surface area contributed by atoms with E-state index in [4.69, 9.17) is 0 Å². The Balaban J connectivity index is 2.89. The Bertz CT molecular complexity index is 357. The lowest BCUT2D eigenvalue weighted by Crippen LogP contribution is -2.32. The van der Waals surface area contributed by atoms with Crippen LogP contribution in [0, 0.1) is 4.91 Å². The SMILES string of the molecule is COC(=O)C1C=CC(C(F)(F)F)=C[N+]1=O. The first-order valence-corrected chi connectivity index (χ1v) is 3.87. The molecule has 15 heavy (non-hydrogen) atoms. The van der Waals surface area contributed by atoms with Gasteiger partial charge in [-0.25, -0.2) is 4.79 Å². The number of hydrogen-bond donors (Lipinski definition) is 0. The zero-order valence-corrected chi connectivity index (χ0v) is 7.62. The van der Waals surface area contributed by atoms with Crippen LogP contribution in [0.5, 0.6) is 0 Å². The minimum Gasteiger partial charge on any atom is -0.464 e. The Kier molecular flexibility index (Phi) is 2.92. The van der Waals surface area contributed by atoms with Crippen LogP contribution in [0.3, 0.4) is 0 Å². The maximum absolute atomic E-state index is 12.1. The average Bonchev–Trinajstić information content (AvgIpc) is 2.15.